The number of rotatable bonds is 4. The van der Waals surface area contributed by atoms with E-state index in [1.807, 2.05) is 0 Å². The highest BCUT2D eigenvalue weighted by Gasteiger charge is 2.30. The van der Waals surface area contributed by atoms with Crippen LogP contribution in [0.5, 0.6) is 5.75 Å². The average molecular weight is 398 g/mol. The van der Waals surface area contributed by atoms with Crippen LogP contribution in [0.25, 0.3) is 0 Å². The summed E-state index contributed by atoms with van der Waals surface area (Å²) in [6, 6.07) is 9.48. The van der Waals surface area contributed by atoms with Gasteiger partial charge in [-0.15, -0.1) is 0 Å². The highest BCUT2D eigenvalue weighted by atomic mass is 16.5. The van der Waals surface area contributed by atoms with E-state index >= 15 is 0 Å². The lowest BCUT2D eigenvalue weighted by molar-refractivity contribution is 0.0358. The molecule has 0 radical (unpaired) electrons. The lowest BCUT2D eigenvalue weighted by atomic mass is 10.0. The minimum absolute atomic E-state index is 0.0113. The minimum atomic E-state index is -1.12. The summed E-state index contributed by atoms with van der Waals surface area (Å²) in [5, 5.41) is 10.5. The standard InChI is InChI=1S/C22H26N2O5/c1-13-10-15(12-16(11-13)21(27)28)20(26)24(22(3,4)5)23-19(25)17-8-7-9-18(29-6)14(17)2/h7-12H,1-6H3,(H,23,25)(H,27,28). The molecule has 2 N–H and O–H groups in total. The van der Waals surface area contributed by atoms with Crippen LogP contribution in [0.4, 0.5) is 0 Å². The van der Waals surface area contributed by atoms with Crippen molar-refractivity contribution in [1.29, 1.82) is 0 Å². The second-order valence-electron chi connectivity index (χ2n) is 7.78. The van der Waals surface area contributed by atoms with Crippen LogP contribution in [0.3, 0.4) is 0 Å². The lowest BCUT2D eigenvalue weighted by Crippen LogP contribution is -2.56. The van der Waals surface area contributed by atoms with Crippen molar-refractivity contribution in [3.8, 4) is 5.75 Å². The number of aromatic carboxylic acids is 1. The first-order valence-corrected chi connectivity index (χ1v) is 9.10. The molecule has 29 heavy (non-hydrogen) atoms. The smallest absolute Gasteiger partial charge is 0.335 e. The first-order valence-electron chi connectivity index (χ1n) is 9.10. The van der Waals surface area contributed by atoms with Crippen LogP contribution >= 0.6 is 0 Å². The Hall–Kier alpha value is -3.35. The molecule has 0 atom stereocenters. The molecule has 0 saturated heterocycles. The van der Waals surface area contributed by atoms with Crippen molar-refractivity contribution < 1.29 is 24.2 Å². The Morgan fingerprint density at radius 3 is 2.21 bits per heavy atom. The van der Waals surface area contributed by atoms with Crippen molar-refractivity contribution in [2.75, 3.05) is 7.11 Å². The molecule has 0 aliphatic rings. The molecule has 0 spiro atoms. The van der Waals surface area contributed by atoms with Gasteiger partial charge in [0, 0.05) is 16.7 Å². The number of ether oxygens (including phenoxy) is 1. The van der Waals surface area contributed by atoms with Crippen LogP contribution in [0.1, 0.15) is 63.0 Å². The topological polar surface area (TPSA) is 95.9 Å². The Morgan fingerprint density at radius 2 is 1.66 bits per heavy atom. The zero-order chi connectivity index (χ0) is 21.9. The van der Waals surface area contributed by atoms with Crippen molar-refractivity contribution in [3.63, 3.8) is 0 Å². The highest BCUT2D eigenvalue weighted by Crippen LogP contribution is 2.22. The largest absolute Gasteiger partial charge is 0.496 e. The number of methoxy groups -OCH3 is 1. The Kier molecular flexibility index (Phi) is 6.31. The van der Waals surface area contributed by atoms with Gasteiger partial charge in [-0.05, 0) is 70.5 Å². The fourth-order valence-electron chi connectivity index (χ4n) is 2.93. The maximum Gasteiger partial charge on any atom is 0.335 e. The van der Waals surface area contributed by atoms with Crippen LogP contribution in [-0.4, -0.2) is 40.5 Å². The number of carboxylic acids is 1. The van der Waals surface area contributed by atoms with E-state index in [0.717, 1.165) is 0 Å². The number of nitrogens with one attached hydrogen (secondary N) is 1. The van der Waals surface area contributed by atoms with E-state index in [0.29, 0.717) is 22.4 Å². The van der Waals surface area contributed by atoms with E-state index in [2.05, 4.69) is 5.43 Å². The van der Waals surface area contributed by atoms with Crippen molar-refractivity contribution in [1.82, 2.24) is 10.4 Å². The summed E-state index contributed by atoms with van der Waals surface area (Å²) < 4.78 is 5.26. The molecule has 0 saturated carbocycles. The predicted octanol–water partition coefficient (Wildman–Crippen LogP) is 3.60. The summed E-state index contributed by atoms with van der Waals surface area (Å²) in [4.78, 5) is 37.4. The number of nitrogens with zero attached hydrogens (tertiary/aromatic N) is 1. The van der Waals surface area contributed by atoms with Gasteiger partial charge in [0.05, 0.1) is 18.2 Å². The molecule has 0 fully saturated rings. The van der Waals surface area contributed by atoms with Crippen molar-refractivity contribution in [3.05, 3.63) is 64.2 Å². The van der Waals surface area contributed by atoms with Crippen molar-refractivity contribution in [2.45, 2.75) is 40.2 Å². The maximum atomic E-state index is 13.2. The second kappa shape index (κ2) is 8.34. The number of hydrazine groups is 1. The lowest BCUT2D eigenvalue weighted by Gasteiger charge is -2.35. The first-order chi connectivity index (χ1) is 13.5. The van der Waals surface area contributed by atoms with Gasteiger partial charge in [0.1, 0.15) is 5.75 Å². The summed E-state index contributed by atoms with van der Waals surface area (Å²) in [5.74, 6) is -1.52. The molecule has 0 aromatic heterocycles. The molecule has 154 valence electrons. The van der Waals surface area contributed by atoms with E-state index in [1.54, 1.807) is 58.9 Å². The second-order valence-corrected chi connectivity index (χ2v) is 7.78. The van der Waals surface area contributed by atoms with Crippen LogP contribution < -0.4 is 10.2 Å². The normalized spacial score (nSPS) is 11.0. The third-order valence-corrected chi connectivity index (χ3v) is 4.41. The van der Waals surface area contributed by atoms with Gasteiger partial charge in [-0.25, -0.2) is 9.80 Å². The third-order valence-electron chi connectivity index (χ3n) is 4.41. The Balaban J connectivity index is 2.42. The molecule has 7 nitrogen and oxygen atoms in total. The van der Waals surface area contributed by atoms with Crippen LogP contribution in [0, 0.1) is 13.8 Å². The highest BCUT2D eigenvalue weighted by molar-refractivity contribution is 6.01. The third kappa shape index (κ3) is 4.93. The van der Waals surface area contributed by atoms with Gasteiger partial charge in [0.15, 0.2) is 0 Å². The predicted molar refractivity (Wildman–Crippen MR) is 109 cm³/mol. The van der Waals surface area contributed by atoms with Crippen LogP contribution in [-0.2, 0) is 0 Å². The zero-order valence-electron chi connectivity index (χ0n) is 17.5. The fraction of sp³-hybridized carbons (Fsp3) is 0.318. The number of carboxylic acid groups (broad SMARTS) is 1. The molecule has 7 heteroatoms. The summed E-state index contributed by atoms with van der Waals surface area (Å²) in [6.07, 6.45) is 0. The van der Waals surface area contributed by atoms with E-state index in [4.69, 9.17) is 4.74 Å². The number of carbonyl (C=O) groups is 3. The van der Waals surface area contributed by atoms with Crippen LogP contribution in [0.2, 0.25) is 0 Å². The number of hydrogen-bond acceptors (Lipinski definition) is 4. The van der Waals surface area contributed by atoms with Gasteiger partial charge in [-0.1, -0.05) is 6.07 Å². The van der Waals surface area contributed by atoms with Gasteiger partial charge < -0.3 is 9.84 Å². The summed E-state index contributed by atoms with van der Waals surface area (Å²) in [7, 11) is 1.52. The average Bonchev–Trinajstić information content (AvgIpc) is 2.64. The number of benzene rings is 2. The molecule has 0 heterocycles. The Labute approximate surface area is 170 Å². The van der Waals surface area contributed by atoms with Crippen molar-refractivity contribution in [2.24, 2.45) is 0 Å². The maximum absolute atomic E-state index is 13.2. The summed E-state index contributed by atoms with van der Waals surface area (Å²) >= 11 is 0. The van der Waals surface area contributed by atoms with E-state index in [-0.39, 0.29) is 11.1 Å². The zero-order valence-corrected chi connectivity index (χ0v) is 17.5. The molecule has 2 aromatic carbocycles. The monoisotopic (exact) mass is 398 g/mol. The van der Waals surface area contributed by atoms with E-state index < -0.39 is 23.3 Å². The van der Waals surface area contributed by atoms with Crippen molar-refractivity contribution >= 4 is 17.8 Å². The fourth-order valence-corrected chi connectivity index (χ4v) is 2.93. The molecule has 0 aliphatic carbocycles. The van der Waals surface area contributed by atoms with Gasteiger partial charge in [-0.2, -0.15) is 0 Å². The molecule has 0 unspecified atom stereocenters. The molecule has 2 rings (SSSR count). The number of amides is 2. The Morgan fingerprint density at radius 1 is 1.03 bits per heavy atom. The van der Waals surface area contributed by atoms with Gasteiger partial charge >= 0.3 is 5.97 Å². The number of carbonyl (C=O) groups excluding carboxylic acids is 2. The van der Waals surface area contributed by atoms with Crippen LogP contribution in [0.15, 0.2) is 36.4 Å². The van der Waals surface area contributed by atoms with Gasteiger partial charge in [-0.3, -0.25) is 15.0 Å². The molecule has 0 aliphatic heterocycles. The molecule has 2 amide bonds. The summed E-state index contributed by atoms with van der Waals surface area (Å²) in [6.45, 7) is 8.80. The number of aryl methyl sites for hydroxylation is 1. The Bertz CT molecular complexity index is 960. The van der Waals surface area contributed by atoms with E-state index in [9.17, 15) is 19.5 Å². The van der Waals surface area contributed by atoms with Gasteiger partial charge in [0.2, 0.25) is 0 Å². The molecule has 2 aromatic rings. The van der Waals surface area contributed by atoms with Gasteiger partial charge in [0.25, 0.3) is 11.8 Å². The first kappa shape index (κ1) is 21.9. The van der Waals surface area contributed by atoms with E-state index in [1.165, 1.54) is 24.3 Å². The summed E-state index contributed by atoms with van der Waals surface area (Å²) in [5.41, 5.74) is 3.77. The molecule has 0 bridgehead atoms. The molecular formula is C22H26N2O5. The SMILES string of the molecule is COc1cccc(C(=O)NN(C(=O)c2cc(C)cc(C(=O)O)c2)C(C)(C)C)c1C. The quantitative estimate of drug-likeness (QED) is 0.767. The number of hydrogen-bond donors (Lipinski definition) is 2. The molecular weight excluding hydrogens is 372 g/mol. The minimum Gasteiger partial charge on any atom is -0.496 e.